The number of aryl methyl sites for hydroxylation is 1. The van der Waals surface area contributed by atoms with Crippen LogP contribution < -0.4 is 0 Å². The van der Waals surface area contributed by atoms with Gasteiger partial charge in [-0.05, 0) is 37.8 Å². The Kier molecular flexibility index (Phi) is 5.65. The highest BCUT2D eigenvalue weighted by Crippen LogP contribution is 2.31. The number of methoxy groups -OCH3 is 1. The number of carbonyl (C=O) groups excluding carboxylic acids is 1. The van der Waals surface area contributed by atoms with Crippen molar-refractivity contribution in [1.82, 2.24) is 4.90 Å². The van der Waals surface area contributed by atoms with Gasteiger partial charge in [0, 0.05) is 19.7 Å². The molecule has 0 bridgehead atoms. The molecule has 5 nitrogen and oxygen atoms in total. The normalized spacial score (nSPS) is 21.1. The molecule has 1 aromatic carbocycles. The molecule has 24 heavy (non-hydrogen) atoms. The highest BCUT2D eigenvalue weighted by Gasteiger charge is 2.42. The Labute approximate surface area is 143 Å². The molecule has 1 saturated heterocycles. The van der Waals surface area contributed by atoms with Crippen molar-refractivity contribution >= 4 is 11.9 Å². The Morgan fingerprint density at radius 2 is 1.92 bits per heavy atom. The highest BCUT2D eigenvalue weighted by molar-refractivity contribution is 5.88. The molecule has 2 rings (SSSR count). The Bertz CT molecular complexity index is 594. The Balaban J connectivity index is 2.24. The number of aliphatic carboxylic acids is 1. The molecule has 0 radical (unpaired) electrons. The Morgan fingerprint density at radius 1 is 1.29 bits per heavy atom. The number of carboxylic acid groups (broad SMARTS) is 1. The number of likely N-dealkylation sites (tertiary alicyclic amines) is 1. The second-order valence-corrected chi connectivity index (χ2v) is 6.98. The zero-order chi connectivity index (χ0) is 17.9. The zero-order valence-electron chi connectivity index (χ0n) is 14.9. The molecule has 0 saturated carbocycles. The van der Waals surface area contributed by atoms with Crippen LogP contribution in [0.25, 0.3) is 0 Å². The molecule has 1 aliphatic heterocycles. The van der Waals surface area contributed by atoms with Gasteiger partial charge in [0.15, 0.2) is 0 Å². The topological polar surface area (TPSA) is 66.8 Å². The van der Waals surface area contributed by atoms with Gasteiger partial charge in [0.05, 0.1) is 17.9 Å². The number of nitrogens with zero attached hydrogens (tertiary/aromatic N) is 1. The van der Waals surface area contributed by atoms with Crippen molar-refractivity contribution in [3.8, 4) is 0 Å². The lowest BCUT2D eigenvalue weighted by molar-refractivity contribution is -0.141. The number of amides is 1. The first-order valence-corrected chi connectivity index (χ1v) is 8.44. The van der Waals surface area contributed by atoms with Gasteiger partial charge in [-0.15, -0.1) is 0 Å². The fourth-order valence-electron chi connectivity index (χ4n) is 3.33. The van der Waals surface area contributed by atoms with E-state index in [1.807, 2.05) is 38.1 Å². The maximum Gasteiger partial charge on any atom is 0.305 e. The standard InChI is InChI=1S/C19H27NO4/c1-5-13-6-8-14(9-7-13)19(2,3)18(23)20-12-16(24-4)10-15(20)11-17(21)22/h6-9,15-16H,5,10-12H2,1-4H3,(H,21,22). The van der Waals surface area contributed by atoms with Crippen LogP contribution in [-0.4, -0.2) is 47.7 Å². The second kappa shape index (κ2) is 7.34. The lowest BCUT2D eigenvalue weighted by Crippen LogP contribution is -2.46. The van der Waals surface area contributed by atoms with E-state index >= 15 is 0 Å². The van der Waals surface area contributed by atoms with E-state index in [1.165, 1.54) is 5.56 Å². The van der Waals surface area contributed by atoms with Crippen molar-refractivity contribution in [2.75, 3.05) is 13.7 Å². The van der Waals surface area contributed by atoms with Crippen LogP contribution >= 0.6 is 0 Å². The molecule has 1 fully saturated rings. The van der Waals surface area contributed by atoms with Gasteiger partial charge in [0.2, 0.25) is 5.91 Å². The van der Waals surface area contributed by atoms with E-state index < -0.39 is 11.4 Å². The fourth-order valence-corrected chi connectivity index (χ4v) is 3.33. The van der Waals surface area contributed by atoms with Crippen LogP contribution in [-0.2, 0) is 26.2 Å². The van der Waals surface area contributed by atoms with Gasteiger partial charge in [-0.25, -0.2) is 0 Å². The summed E-state index contributed by atoms with van der Waals surface area (Å²) in [7, 11) is 1.60. The van der Waals surface area contributed by atoms with Crippen LogP contribution in [0.4, 0.5) is 0 Å². The third-order valence-corrected chi connectivity index (χ3v) is 5.00. The fraction of sp³-hybridized carbons (Fsp3) is 0.579. The molecule has 1 heterocycles. The number of hydrogen-bond acceptors (Lipinski definition) is 3. The lowest BCUT2D eigenvalue weighted by atomic mass is 9.82. The molecule has 132 valence electrons. The van der Waals surface area contributed by atoms with Gasteiger partial charge < -0.3 is 14.7 Å². The van der Waals surface area contributed by atoms with Gasteiger partial charge in [-0.1, -0.05) is 31.2 Å². The summed E-state index contributed by atoms with van der Waals surface area (Å²) in [6, 6.07) is 7.76. The minimum absolute atomic E-state index is 0.0439. The Morgan fingerprint density at radius 3 is 2.42 bits per heavy atom. The highest BCUT2D eigenvalue weighted by atomic mass is 16.5. The van der Waals surface area contributed by atoms with Crippen molar-refractivity contribution < 1.29 is 19.4 Å². The van der Waals surface area contributed by atoms with Crippen molar-refractivity contribution in [2.45, 2.75) is 57.6 Å². The average Bonchev–Trinajstić information content (AvgIpc) is 2.96. The van der Waals surface area contributed by atoms with Crippen LogP contribution in [0.15, 0.2) is 24.3 Å². The lowest BCUT2D eigenvalue weighted by Gasteiger charge is -2.33. The maximum atomic E-state index is 13.2. The summed E-state index contributed by atoms with van der Waals surface area (Å²) in [6.45, 7) is 6.34. The summed E-state index contributed by atoms with van der Waals surface area (Å²) in [5.74, 6) is -0.933. The van der Waals surface area contributed by atoms with Gasteiger partial charge in [0.1, 0.15) is 0 Å². The molecule has 1 N–H and O–H groups in total. The number of ether oxygens (including phenoxy) is 1. The minimum Gasteiger partial charge on any atom is -0.481 e. The predicted octanol–water partition coefficient (Wildman–Crippen LogP) is 2.62. The number of rotatable bonds is 6. The molecule has 0 spiro atoms. The minimum atomic E-state index is -0.889. The van der Waals surface area contributed by atoms with Gasteiger partial charge in [0.25, 0.3) is 0 Å². The first-order chi connectivity index (χ1) is 11.3. The Hall–Kier alpha value is -1.88. The van der Waals surface area contributed by atoms with Crippen LogP contribution in [0.1, 0.15) is 44.7 Å². The predicted molar refractivity (Wildman–Crippen MR) is 92.0 cm³/mol. The molecule has 1 aliphatic rings. The average molecular weight is 333 g/mol. The molecule has 2 unspecified atom stereocenters. The maximum absolute atomic E-state index is 13.2. The van der Waals surface area contributed by atoms with Gasteiger partial charge in [-0.3, -0.25) is 9.59 Å². The summed E-state index contributed by atoms with van der Waals surface area (Å²) in [6.07, 6.45) is 1.38. The largest absolute Gasteiger partial charge is 0.481 e. The summed E-state index contributed by atoms with van der Waals surface area (Å²) in [5.41, 5.74) is 1.47. The van der Waals surface area contributed by atoms with Crippen molar-refractivity contribution in [3.05, 3.63) is 35.4 Å². The van der Waals surface area contributed by atoms with Crippen LogP contribution in [0.2, 0.25) is 0 Å². The number of carboxylic acids is 1. The molecule has 2 atom stereocenters. The third kappa shape index (κ3) is 3.78. The summed E-state index contributed by atoms with van der Waals surface area (Å²) < 4.78 is 5.37. The molecule has 1 aromatic rings. The number of benzene rings is 1. The van der Waals surface area contributed by atoms with Crippen LogP contribution in [0, 0.1) is 0 Å². The quantitative estimate of drug-likeness (QED) is 0.869. The van der Waals surface area contributed by atoms with E-state index in [0.717, 1.165) is 12.0 Å². The molecule has 0 aliphatic carbocycles. The molecule has 1 amide bonds. The molecule has 0 aromatic heterocycles. The monoisotopic (exact) mass is 333 g/mol. The number of hydrogen-bond donors (Lipinski definition) is 1. The zero-order valence-corrected chi connectivity index (χ0v) is 14.9. The molecular weight excluding hydrogens is 306 g/mol. The summed E-state index contributed by atoms with van der Waals surface area (Å²) in [5, 5.41) is 9.13. The van der Waals surface area contributed by atoms with Gasteiger partial charge in [-0.2, -0.15) is 0 Å². The van der Waals surface area contributed by atoms with E-state index in [0.29, 0.717) is 13.0 Å². The summed E-state index contributed by atoms with van der Waals surface area (Å²) in [4.78, 5) is 26.0. The van der Waals surface area contributed by atoms with Crippen molar-refractivity contribution in [2.24, 2.45) is 0 Å². The van der Waals surface area contributed by atoms with Gasteiger partial charge >= 0.3 is 5.97 Å². The second-order valence-electron chi connectivity index (χ2n) is 6.98. The van der Waals surface area contributed by atoms with Crippen molar-refractivity contribution in [1.29, 1.82) is 0 Å². The molecule has 5 heteroatoms. The van der Waals surface area contributed by atoms with E-state index in [2.05, 4.69) is 6.92 Å². The SMILES string of the molecule is CCc1ccc(C(C)(C)C(=O)N2CC(OC)CC2CC(=O)O)cc1. The summed E-state index contributed by atoms with van der Waals surface area (Å²) >= 11 is 0. The van der Waals surface area contributed by atoms with Crippen molar-refractivity contribution in [3.63, 3.8) is 0 Å². The molecular formula is C19H27NO4. The first-order valence-electron chi connectivity index (χ1n) is 8.44. The third-order valence-electron chi connectivity index (χ3n) is 5.00. The van der Waals surface area contributed by atoms with E-state index in [1.54, 1.807) is 12.0 Å². The smallest absolute Gasteiger partial charge is 0.305 e. The number of carbonyl (C=O) groups is 2. The first kappa shape index (κ1) is 18.5. The van der Waals surface area contributed by atoms with Crippen LogP contribution in [0.3, 0.4) is 0 Å². The van der Waals surface area contributed by atoms with Crippen LogP contribution in [0.5, 0.6) is 0 Å². The van der Waals surface area contributed by atoms with E-state index in [-0.39, 0.29) is 24.5 Å². The van der Waals surface area contributed by atoms with E-state index in [4.69, 9.17) is 9.84 Å². The van der Waals surface area contributed by atoms with E-state index in [9.17, 15) is 9.59 Å².